The molecule has 1 aliphatic carbocycles. The Balaban J connectivity index is 2.30. The van der Waals surface area contributed by atoms with Crippen molar-refractivity contribution in [2.75, 3.05) is 21.3 Å². The molecule has 1 aromatic carbocycles. The Kier molecular flexibility index (Phi) is 4.53. The van der Waals surface area contributed by atoms with Crippen molar-refractivity contribution in [3.05, 3.63) is 17.7 Å². The zero-order chi connectivity index (χ0) is 13.8. The highest BCUT2D eigenvalue weighted by Gasteiger charge is 2.23. The molecule has 4 heteroatoms. The minimum atomic E-state index is 0.360. The number of benzene rings is 1. The predicted molar refractivity (Wildman–Crippen MR) is 75.3 cm³/mol. The van der Waals surface area contributed by atoms with Crippen LogP contribution in [0.2, 0.25) is 0 Å². The highest BCUT2D eigenvalue weighted by Crippen LogP contribution is 2.42. The topological polar surface area (TPSA) is 53.7 Å². The third kappa shape index (κ3) is 2.95. The molecule has 0 radical (unpaired) electrons. The maximum absolute atomic E-state index is 5.96. The second-order valence-corrected chi connectivity index (χ2v) is 5.07. The van der Waals surface area contributed by atoms with Crippen molar-refractivity contribution in [3.63, 3.8) is 0 Å². The summed E-state index contributed by atoms with van der Waals surface area (Å²) in [5.41, 5.74) is 7.21. The van der Waals surface area contributed by atoms with E-state index < -0.39 is 0 Å². The van der Waals surface area contributed by atoms with Crippen LogP contribution >= 0.6 is 0 Å². The summed E-state index contributed by atoms with van der Waals surface area (Å²) >= 11 is 0. The fraction of sp³-hybridized carbons (Fsp3) is 0.600. The number of methoxy groups -OCH3 is 3. The van der Waals surface area contributed by atoms with Gasteiger partial charge in [0.1, 0.15) is 0 Å². The second kappa shape index (κ2) is 6.15. The van der Waals surface area contributed by atoms with Crippen LogP contribution in [0.5, 0.6) is 17.2 Å². The molecule has 1 aromatic rings. The minimum absolute atomic E-state index is 0.360. The van der Waals surface area contributed by atoms with Crippen molar-refractivity contribution in [1.29, 1.82) is 0 Å². The molecule has 1 aliphatic rings. The maximum atomic E-state index is 5.96. The van der Waals surface area contributed by atoms with Crippen LogP contribution in [0.15, 0.2) is 12.1 Å². The largest absolute Gasteiger partial charge is 0.493 e. The van der Waals surface area contributed by atoms with E-state index >= 15 is 0 Å². The van der Waals surface area contributed by atoms with Crippen molar-refractivity contribution in [2.45, 2.75) is 37.6 Å². The summed E-state index contributed by atoms with van der Waals surface area (Å²) in [6, 6.07) is 4.48. The first-order valence-electron chi connectivity index (χ1n) is 6.75. The Labute approximate surface area is 114 Å². The van der Waals surface area contributed by atoms with Gasteiger partial charge in [-0.2, -0.15) is 0 Å². The zero-order valence-electron chi connectivity index (χ0n) is 11.9. The van der Waals surface area contributed by atoms with Crippen molar-refractivity contribution in [3.8, 4) is 17.2 Å². The normalized spacial score (nSPS) is 22.9. The molecule has 0 unspecified atom stereocenters. The molecule has 0 spiro atoms. The molecular weight excluding hydrogens is 242 g/mol. The molecule has 2 rings (SSSR count). The molecule has 0 atom stereocenters. The lowest BCUT2D eigenvalue weighted by Gasteiger charge is -2.27. The molecule has 19 heavy (non-hydrogen) atoms. The van der Waals surface area contributed by atoms with Gasteiger partial charge >= 0.3 is 0 Å². The quantitative estimate of drug-likeness (QED) is 0.909. The molecule has 106 valence electrons. The second-order valence-electron chi connectivity index (χ2n) is 5.07. The smallest absolute Gasteiger partial charge is 0.203 e. The summed E-state index contributed by atoms with van der Waals surface area (Å²) in [5.74, 6) is 2.65. The first-order chi connectivity index (χ1) is 9.19. The summed E-state index contributed by atoms with van der Waals surface area (Å²) in [6.45, 7) is 0. The number of rotatable bonds is 4. The molecule has 0 aliphatic heterocycles. The van der Waals surface area contributed by atoms with Gasteiger partial charge in [-0.15, -0.1) is 0 Å². The average molecular weight is 265 g/mol. The first-order valence-corrected chi connectivity index (χ1v) is 6.75. The lowest BCUT2D eigenvalue weighted by atomic mass is 9.82. The summed E-state index contributed by atoms with van der Waals surface area (Å²) in [6.07, 6.45) is 4.42. The van der Waals surface area contributed by atoms with E-state index in [1.807, 2.05) is 0 Å². The highest BCUT2D eigenvalue weighted by molar-refractivity contribution is 5.54. The number of hydrogen-bond acceptors (Lipinski definition) is 4. The Morgan fingerprint density at radius 1 is 0.895 bits per heavy atom. The lowest BCUT2D eigenvalue weighted by molar-refractivity contribution is 0.321. The van der Waals surface area contributed by atoms with Crippen LogP contribution in [0.25, 0.3) is 0 Å². The molecule has 1 fully saturated rings. The molecule has 0 bridgehead atoms. The zero-order valence-corrected chi connectivity index (χ0v) is 11.9. The van der Waals surface area contributed by atoms with Gasteiger partial charge in [-0.3, -0.25) is 0 Å². The van der Waals surface area contributed by atoms with Crippen molar-refractivity contribution >= 4 is 0 Å². The standard InChI is InChI=1S/C15H23NO3/c1-17-13-8-11(9-14(18-2)15(13)19-3)10-4-6-12(16)7-5-10/h8-10,12H,4-7,16H2,1-3H3. The Morgan fingerprint density at radius 3 is 1.84 bits per heavy atom. The van der Waals surface area contributed by atoms with Gasteiger partial charge in [-0.1, -0.05) is 0 Å². The molecule has 1 saturated carbocycles. The van der Waals surface area contributed by atoms with Gasteiger partial charge in [0, 0.05) is 6.04 Å². The van der Waals surface area contributed by atoms with Crippen LogP contribution in [0.4, 0.5) is 0 Å². The molecule has 4 nitrogen and oxygen atoms in total. The SMILES string of the molecule is COc1cc(C2CCC(N)CC2)cc(OC)c1OC. The fourth-order valence-corrected chi connectivity index (χ4v) is 2.79. The van der Waals surface area contributed by atoms with E-state index in [9.17, 15) is 0 Å². The predicted octanol–water partition coefficient (Wildman–Crippen LogP) is 2.70. The van der Waals surface area contributed by atoms with Gasteiger partial charge in [0.05, 0.1) is 21.3 Å². The first kappa shape index (κ1) is 14.0. The van der Waals surface area contributed by atoms with Crippen LogP contribution in [0.3, 0.4) is 0 Å². The average Bonchev–Trinajstić information content (AvgIpc) is 2.46. The van der Waals surface area contributed by atoms with Crippen molar-refractivity contribution < 1.29 is 14.2 Å². The van der Waals surface area contributed by atoms with E-state index in [0.29, 0.717) is 17.7 Å². The highest BCUT2D eigenvalue weighted by atomic mass is 16.5. The molecular formula is C15H23NO3. The third-order valence-electron chi connectivity index (χ3n) is 3.93. The van der Waals surface area contributed by atoms with Crippen LogP contribution in [0, 0.1) is 0 Å². The van der Waals surface area contributed by atoms with Gasteiger partial charge < -0.3 is 19.9 Å². The van der Waals surface area contributed by atoms with E-state index in [1.54, 1.807) is 21.3 Å². The molecule has 0 aromatic heterocycles. The van der Waals surface area contributed by atoms with Crippen LogP contribution in [-0.4, -0.2) is 27.4 Å². The fourth-order valence-electron chi connectivity index (χ4n) is 2.79. The van der Waals surface area contributed by atoms with E-state index in [1.165, 1.54) is 5.56 Å². The Hall–Kier alpha value is -1.42. The molecule has 2 N–H and O–H groups in total. The van der Waals surface area contributed by atoms with E-state index in [0.717, 1.165) is 37.2 Å². The van der Waals surface area contributed by atoms with E-state index in [4.69, 9.17) is 19.9 Å². The number of ether oxygens (including phenoxy) is 3. The summed E-state index contributed by atoms with van der Waals surface area (Å²) in [7, 11) is 4.93. The van der Waals surface area contributed by atoms with Crippen LogP contribution in [-0.2, 0) is 0 Å². The molecule has 0 heterocycles. The van der Waals surface area contributed by atoms with Crippen LogP contribution < -0.4 is 19.9 Å². The van der Waals surface area contributed by atoms with Gasteiger partial charge in [-0.05, 0) is 49.3 Å². The van der Waals surface area contributed by atoms with Crippen molar-refractivity contribution in [2.24, 2.45) is 5.73 Å². The Morgan fingerprint density at radius 2 is 1.42 bits per heavy atom. The van der Waals surface area contributed by atoms with Gasteiger partial charge in [0.25, 0.3) is 0 Å². The monoisotopic (exact) mass is 265 g/mol. The number of hydrogen-bond donors (Lipinski definition) is 1. The van der Waals surface area contributed by atoms with Gasteiger partial charge in [-0.25, -0.2) is 0 Å². The van der Waals surface area contributed by atoms with Gasteiger partial charge in [0.2, 0.25) is 5.75 Å². The van der Waals surface area contributed by atoms with E-state index in [2.05, 4.69) is 12.1 Å². The van der Waals surface area contributed by atoms with Crippen LogP contribution in [0.1, 0.15) is 37.2 Å². The molecule has 0 saturated heterocycles. The van der Waals surface area contributed by atoms with Crippen molar-refractivity contribution in [1.82, 2.24) is 0 Å². The molecule has 0 amide bonds. The van der Waals surface area contributed by atoms with E-state index in [-0.39, 0.29) is 0 Å². The summed E-state index contributed by atoms with van der Waals surface area (Å²) in [4.78, 5) is 0. The maximum Gasteiger partial charge on any atom is 0.203 e. The summed E-state index contributed by atoms with van der Waals surface area (Å²) < 4.78 is 16.2. The van der Waals surface area contributed by atoms with Gasteiger partial charge in [0.15, 0.2) is 11.5 Å². The summed E-state index contributed by atoms with van der Waals surface area (Å²) in [5, 5.41) is 0. The lowest BCUT2D eigenvalue weighted by Crippen LogP contribution is -2.25. The minimum Gasteiger partial charge on any atom is -0.493 e. The number of nitrogens with two attached hydrogens (primary N) is 1. The Bertz CT molecular complexity index is 400. The third-order valence-corrected chi connectivity index (χ3v) is 3.93.